The van der Waals surface area contributed by atoms with E-state index < -0.39 is 35.4 Å². The molecular formula is C47H48ClF2N11O5. The molecule has 3 fully saturated rings. The molecule has 0 aliphatic carbocycles. The van der Waals surface area contributed by atoms with Crippen molar-refractivity contribution in [2.45, 2.75) is 38.1 Å². The molecule has 3 aliphatic rings. The predicted octanol–water partition coefficient (Wildman–Crippen LogP) is 6.25. The molecule has 0 bridgehead atoms. The zero-order chi connectivity index (χ0) is 46.2. The first-order valence-electron chi connectivity index (χ1n) is 21.7. The number of rotatable bonds is 14. The van der Waals surface area contributed by atoms with Crippen molar-refractivity contribution in [1.29, 1.82) is 0 Å². The average Bonchev–Trinajstić information content (AvgIpc) is 3.32. The van der Waals surface area contributed by atoms with Gasteiger partial charge in [0, 0.05) is 73.9 Å². The van der Waals surface area contributed by atoms with Crippen LogP contribution in [0.15, 0.2) is 97.2 Å². The number of carbonyl (C=O) groups is 5. The van der Waals surface area contributed by atoms with Crippen LogP contribution in [0.3, 0.4) is 0 Å². The van der Waals surface area contributed by atoms with Crippen molar-refractivity contribution in [2.24, 2.45) is 5.92 Å². The van der Waals surface area contributed by atoms with Crippen LogP contribution >= 0.6 is 11.6 Å². The van der Waals surface area contributed by atoms with Gasteiger partial charge in [-0.15, -0.1) is 0 Å². The zero-order valence-corrected chi connectivity index (χ0v) is 36.5. The number of piperazine rings is 1. The second-order valence-corrected chi connectivity index (χ2v) is 16.8. The van der Waals surface area contributed by atoms with Crippen molar-refractivity contribution in [2.75, 3.05) is 66.7 Å². The Balaban J connectivity index is 0.733. The summed E-state index contributed by atoms with van der Waals surface area (Å²) in [6.45, 7) is 5.49. The molecule has 0 spiro atoms. The molecule has 3 aliphatic heterocycles. The van der Waals surface area contributed by atoms with Crippen LogP contribution in [0.2, 0.25) is 5.02 Å². The maximum atomic E-state index is 15.1. The van der Waals surface area contributed by atoms with E-state index in [0.29, 0.717) is 57.9 Å². The monoisotopic (exact) mass is 919 g/mol. The van der Waals surface area contributed by atoms with Crippen molar-refractivity contribution in [3.8, 4) is 0 Å². The number of para-hydroxylation sites is 1. The number of piperidine rings is 2. The fourth-order valence-electron chi connectivity index (χ4n) is 8.04. The van der Waals surface area contributed by atoms with Gasteiger partial charge in [-0.3, -0.25) is 39.6 Å². The molecule has 5 amide bonds. The van der Waals surface area contributed by atoms with Gasteiger partial charge in [-0.2, -0.15) is 4.98 Å². The lowest BCUT2D eigenvalue weighted by molar-refractivity contribution is -0.134. The summed E-state index contributed by atoms with van der Waals surface area (Å²) in [5.74, 6) is -3.00. The van der Waals surface area contributed by atoms with E-state index in [1.54, 1.807) is 78.9 Å². The fourth-order valence-corrected chi connectivity index (χ4v) is 8.22. The molecule has 3 saturated heterocycles. The van der Waals surface area contributed by atoms with Gasteiger partial charge < -0.3 is 26.2 Å². The highest BCUT2D eigenvalue weighted by molar-refractivity contribution is 6.33. The maximum absolute atomic E-state index is 15.1. The van der Waals surface area contributed by atoms with Crippen molar-refractivity contribution >= 4 is 75.7 Å². The quantitative estimate of drug-likeness (QED) is 0.0688. The minimum absolute atomic E-state index is 0.0705. The molecule has 19 heteroatoms. The Labute approximate surface area is 384 Å². The van der Waals surface area contributed by atoms with E-state index >= 15 is 4.39 Å². The fraction of sp³-hybridized carbons (Fsp3) is 0.298. The number of carbonyl (C=O) groups excluding carboxylic acids is 5. The summed E-state index contributed by atoms with van der Waals surface area (Å²) in [5.41, 5.74) is 6.01. The molecular weight excluding hydrogens is 872 g/mol. The topological polar surface area (TPSA) is 193 Å². The molecule has 5 aromatic rings. The molecule has 16 nitrogen and oxygen atoms in total. The van der Waals surface area contributed by atoms with Crippen molar-refractivity contribution < 1.29 is 32.8 Å². The standard InChI is InChI=1S/C47H48ClF2N11O5/c48-36-3-1-2-4-39(36)54-43(63)30-5-9-32(10-6-30)52-42-38(50)28-51-47(57-42)53-33-11-7-31(8-12-33)44(64)58-61-21-18-29(19-22-61)17-20-59-23-25-60(26-24-59)34-13-14-35(37(49)27-34)45(65)55-40-15-16-41(62)56-46(40)66/h1-14,27-29,40H,15-26H2,(H,54,63)(H,55,65)(H,58,64)(H,56,62,66)(H2,51,52,53,57)/t40-/m0/s1. The lowest BCUT2D eigenvalue weighted by Crippen LogP contribution is -2.52. The van der Waals surface area contributed by atoms with Crippen LogP contribution in [-0.2, 0) is 9.59 Å². The number of hydrazine groups is 1. The third-order valence-electron chi connectivity index (χ3n) is 11.9. The Morgan fingerprint density at radius 3 is 2.12 bits per heavy atom. The first-order valence-corrected chi connectivity index (χ1v) is 22.1. The van der Waals surface area contributed by atoms with Gasteiger partial charge >= 0.3 is 0 Å². The van der Waals surface area contributed by atoms with Gasteiger partial charge in [-0.05, 0) is 117 Å². The number of hydrogen-bond donors (Lipinski definition) is 6. The third kappa shape index (κ3) is 11.6. The predicted molar refractivity (Wildman–Crippen MR) is 246 cm³/mol. The Kier molecular flexibility index (Phi) is 14.4. The number of amides is 5. The highest BCUT2D eigenvalue weighted by Gasteiger charge is 2.29. The van der Waals surface area contributed by atoms with E-state index in [1.807, 2.05) is 5.01 Å². The minimum atomic E-state index is -0.879. The van der Waals surface area contributed by atoms with Crippen LogP contribution in [0, 0.1) is 17.6 Å². The number of nitrogens with one attached hydrogen (secondary N) is 6. The number of halogens is 3. The molecule has 0 saturated carbocycles. The molecule has 0 unspecified atom stereocenters. The molecule has 342 valence electrons. The average molecular weight is 920 g/mol. The van der Waals surface area contributed by atoms with Crippen LogP contribution in [0.4, 0.5) is 43.3 Å². The first-order chi connectivity index (χ1) is 31.9. The van der Waals surface area contributed by atoms with Crippen LogP contribution < -0.4 is 36.9 Å². The highest BCUT2D eigenvalue weighted by Crippen LogP contribution is 2.26. The van der Waals surface area contributed by atoms with Crippen LogP contribution in [-0.4, -0.2) is 101 Å². The number of nitrogens with zero attached hydrogens (tertiary/aromatic N) is 5. The second-order valence-electron chi connectivity index (χ2n) is 16.4. The molecule has 1 atom stereocenters. The summed E-state index contributed by atoms with van der Waals surface area (Å²) in [7, 11) is 0. The molecule has 4 aromatic carbocycles. The third-order valence-corrected chi connectivity index (χ3v) is 12.2. The summed E-state index contributed by atoms with van der Waals surface area (Å²) < 4.78 is 29.8. The Bertz CT molecular complexity index is 2590. The number of imide groups is 1. The van der Waals surface area contributed by atoms with Gasteiger partial charge in [0.05, 0.1) is 22.5 Å². The lowest BCUT2D eigenvalue weighted by Gasteiger charge is -2.37. The molecule has 0 radical (unpaired) electrons. The highest BCUT2D eigenvalue weighted by atomic mass is 35.5. The SMILES string of the molecule is O=C1CC[C@H](NC(=O)c2ccc(N3CCN(CCC4CCN(NC(=O)c5ccc(Nc6ncc(F)c(Nc7ccc(C(=O)Nc8ccccc8Cl)cc7)n6)cc5)CC4)CC3)cc2F)C(=O)N1. The van der Waals surface area contributed by atoms with Gasteiger partial charge in [-0.25, -0.2) is 18.8 Å². The summed E-state index contributed by atoms with van der Waals surface area (Å²) in [6, 6.07) is 23.8. The van der Waals surface area contributed by atoms with Crippen LogP contribution in [0.1, 0.15) is 63.2 Å². The van der Waals surface area contributed by atoms with Crippen molar-refractivity contribution in [3.05, 3.63) is 131 Å². The van der Waals surface area contributed by atoms with E-state index in [0.717, 1.165) is 58.2 Å². The number of aromatic nitrogens is 2. The molecule has 6 N–H and O–H groups in total. The van der Waals surface area contributed by atoms with E-state index in [1.165, 1.54) is 12.1 Å². The largest absolute Gasteiger partial charge is 0.369 e. The Morgan fingerprint density at radius 2 is 1.44 bits per heavy atom. The number of hydrogen-bond acceptors (Lipinski definition) is 12. The Hall–Kier alpha value is -7.02. The van der Waals surface area contributed by atoms with Crippen molar-refractivity contribution in [1.82, 2.24) is 35.9 Å². The summed E-state index contributed by atoms with van der Waals surface area (Å²) in [5, 5.41) is 15.8. The zero-order valence-electron chi connectivity index (χ0n) is 35.8. The maximum Gasteiger partial charge on any atom is 0.265 e. The minimum Gasteiger partial charge on any atom is -0.369 e. The van der Waals surface area contributed by atoms with Crippen LogP contribution in [0.5, 0.6) is 0 Å². The normalized spacial score (nSPS) is 17.1. The van der Waals surface area contributed by atoms with E-state index in [-0.39, 0.29) is 42.0 Å². The van der Waals surface area contributed by atoms with Gasteiger partial charge in [-0.1, -0.05) is 23.7 Å². The second kappa shape index (κ2) is 20.9. The first kappa shape index (κ1) is 45.5. The molecule has 1 aromatic heterocycles. The summed E-state index contributed by atoms with van der Waals surface area (Å²) in [6.07, 6.45) is 4.27. The van der Waals surface area contributed by atoms with Crippen molar-refractivity contribution in [3.63, 3.8) is 0 Å². The van der Waals surface area contributed by atoms with Gasteiger partial charge in [0.15, 0.2) is 11.6 Å². The number of benzene rings is 4. The van der Waals surface area contributed by atoms with E-state index in [9.17, 15) is 28.4 Å². The smallest absolute Gasteiger partial charge is 0.265 e. The molecule has 66 heavy (non-hydrogen) atoms. The Morgan fingerprint density at radius 1 is 0.758 bits per heavy atom. The summed E-state index contributed by atoms with van der Waals surface area (Å²) in [4.78, 5) is 74.8. The van der Waals surface area contributed by atoms with Gasteiger partial charge in [0.1, 0.15) is 11.9 Å². The molecule has 8 rings (SSSR count). The van der Waals surface area contributed by atoms with Gasteiger partial charge in [0.25, 0.3) is 17.7 Å². The summed E-state index contributed by atoms with van der Waals surface area (Å²) >= 11 is 6.15. The number of anilines is 6. The van der Waals surface area contributed by atoms with Crippen LogP contribution in [0.25, 0.3) is 0 Å². The molecule has 4 heterocycles. The van der Waals surface area contributed by atoms with Gasteiger partial charge in [0.2, 0.25) is 17.8 Å². The van der Waals surface area contributed by atoms with E-state index in [2.05, 4.69) is 51.8 Å². The lowest BCUT2D eigenvalue weighted by atomic mass is 9.94. The van der Waals surface area contributed by atoms with E-state index in [4.69, 9.17) is 11.6 Å².